The van der Waals surface area contributed by atoms with Crippen LogP contribution in [0.4, 0.5) is 4.32 Å². The molecule has 100 valence electrons. The Bertz CT molecular complexity index is 667. The van der Waals surface area contributed by atoms with Crippen LogP contribution in [0.25, 0.3) is 16.1 Å². The van der Waals surface area contributed by atoms with E-state index in [-0.39, 0.29) is 0 Å². The van der Waals surface area contributed by atoms with E-state index in [1.807, 2.05) is 24.3 Å². The molecule has 2 aliphatic heterocycles. The molecule has 0 radical (unpaired) electrons. The molecule has 1 aromatic rings. The van der Waals surface area contributed by atoms with E-state index in [0.29, 0.717) is 13.1 Å². The summed E-state index contributed by atoms with van der Waals surface area (Å²) >= 11 is 0. The third-order valence-electron chi connectivity index (χ3n) is 3.33. The van der Waals surface area contributed by atoms with Gasteiger partial charge in [0.25, 0.3) is 0 Å². The van der Waals surface area contributed by atoms with Gasteiger partial charge in [0.1, 0.15) is 11.9 Å². The molecule has 1 aromatic heterocycles. The zero-order valence-electron chi connectivity index (χ0n) is 10.8. The fourth-order valence-electron chi connectivity index (χ4n) is 2.44. The predicted octanol–water partition coefficient (Wildman–Crippen LogP) is 1.92. The van der Waals surface area contributed by atoms with E-state index in [4.69, 9.17) is 5.53 Å². The van der Waals surface area contributed by atoms with E-state index in [1.165, 1.54) is 0 Å². The quantitative estimate of drug-likeness (QED) is 0.287. The summed E-state index contributed by atoms with van der Waals surface area (Å²) < 4.78 is 17.5. The molecular weight excluding hydrogens is 258 g/mol. The van der Waals surface area contributed by atoms with Crippen molar-refractivity contribution in [3.05, 3.63) is 52.3 Å². The van der Waals surface area contributed by atoms with Crippen LogP contribution in [0.2, 0.25) is 0 Å². The number of nitrogens with zero attached hydrogens (tertiary/aromatic N) is 5. The van der Waals surface area contributed by atoms with Gasteiger partial charge in [0.05, 0.1) is 5.69 Å². The fourth-order valence-corrected chi connectivity index (χ4v) is 2.44. The normalized spacial score (nSPS) is 15.7. The minimum atomic E-state index is -1.21. The molecule has 0 amide bonds. The van der Waals surface area contributed by atoms with Crippen molar-refractivity contribution in [2.75, 3.05) is 13.1 Å². The third-order valence-corrected chi connectivity index (χ3v) is 3.33. The largest absolute Gasteiger partial charge is 0.846 e. The first-order valence-corrected chi connectivity index (χ1v) is 6.43. The summed E-state index contributed by atoms with van der Waals surface area (Å²) in [5, 5.41) is 6.81. The molecule has 0 saturated heterocycles. The Morgan fingerprint density at radius 3 is 3.30 bits per heavy atom. The van der Waals surface area contributed by atoms with Crippen LogP contribution < -0.4 is 5.32 Å². The SMILES string of the molecule is [N-]=[N+]=NCCCNC1=C2C=CC=[N+]2B(F)n2cccc21. The maximum absolute atomic E-state index is 14.3. The molecule has 3 rings (SSSR count). The summed E-state index contributed by atoms with van der Waals surface area (Å²) in [6.45, 7) is 1.12. The fraction of sp³-hybridized carbons (Fsp3) is 0.250. The Morgan fingerprint density at radius 1 is 1.55 bits per heavy atom. The molecule has 6 nitrogen and oxygen atoms in total. The van der Waals surface area contributed by atoms with Crippen molar-refractivity contribution in [3.63, 3.8) is 0 Å². The second kappa shape index (κ2) is 5.26. The molecule has 0 fully saturated rings. The summed E-state index contributed by atoms with van der Waals surface area (Å²) in [6.07, 6.45) is 7.90. The van der Waals surface area contributed by atoms with Crippen molar-refractivity contribution in [1.82, 2.24) is 9.79 Å². The lowest BCUT2D eigenvalue weighted by molar-refractivity contribution is -0.329. The van der Waals surface area contributed by atoms with Crippen LogP contribution in [-0.2, 0) is 0 Å². The van der Waals surface area contributed by atoms with Crippen LogP contribution >= 0.6 is 0 Å². The Balaban J connectivity index is 1.84. The van der Waals surface area contributed by atoms with Crippen molar-refractivity contribution in [2.24, 2.45) is 5.11 Å². The van der Waals surface area contributed by atoms with E-state index >= 15 is 0 Å². The minimum absolute atomic E-state index is 0.449. The van der Waals surface area contributed by atoms with Gasteiger partial charge in [0.15, 0.2) is 0 Å². The van der Waals surface area contributed by atoms with Crippen molar-refractivity contribution in [3.8, 4) is 0 Å². The molecule has 2 aliphatic rings. The molecule has 8 heteroatoms. The van der Waals surface area contributed by atoms with E-state index in [2.05, 4.69) is 15.3 Å². The number of fused-ring (bicyclic) bond motifs is 2. The molecule has 0 bridgehead atoms. The summed E-state index contributed by atoms with van der Waals surface area (Å²) in [4.78, 5) is 2.72. The topological polar surface area (TPSA) is 68.7 Å². The van der Waals surface area contributed by atoms with Gasteiger partial charge in [0, 0.05) is 36.4 Å². The lowest BCUT2D eigenvalue weighted by Gasteiger charge is -2.19. The lowest BCUT2D eigenvalue weighted by atomic mass is 9.97. The first-order chi connectivity index (χ1) is 9.83. The Morgan fingerprint density at radius 2 is 2.45 bits per heavy atom. The Kier molecular flexibility index (Phi) is 3.31. The molecular formula is C12H13BFN6+. The number of halogens is 1. The number of azide groups is 1. The lowest BCUT2D eigenvalue weighted by Crippen LogP contribution is -2.39. The predicted molar refractivity (Wildman–Crippen MR) is 75.7 cm³/mol. The maximum atomic E-state index is 14.3. The van der Waals surface area contributed by atoms with Crippen LogP contribution in [0.15, 0.2) is 41.3 Å². The average Bonchev–Trinajstić information content (AvgIpc) is 3.10. The number of rotatable bonds is 5. The maximum Gasteiger partial charge on any atom is 0.846 e. The van der Waals surface area contributed by atoms with Crippen molar-refractivity contribution in [1.29, 1.82) is 0 Å². The van der Waals surface area contributed by atoms with Crippen LogP contribution in [0.3, 0.4) is 0 Å². The van der Waals surface area contributed by atoms with Crippen LogP contribution in [0.1, 0.15) is 12.1 Å². The molecule has 0 spiro atoms. The van der Waals surface area contributed by atoms with Gasteiger partial charge in [-0.05, 0) is 24.1 Å². The molecule has 0 saturated carbocycles. The van der Waals surface area contributed by atoms with Gasteiger partial charge in [-0.2, -0.15) is 0 Å². The van der Waals surface area contributed by atoms with Gasteiger partial charge >= 0.3 is 7.26 Å². The van der Waals surface area contributed by atoms with Crippen LogP contribution in [0, 0.1) is 0 Å². The van der Waals surface area contributed by atoms with E-state index < -0.39 is 7.26 Å². The van der Waals surface area contributed by atoms with Crippen molar-refractivity contribution < 1.29 is 8.80 Å². The monoisotopic (exact) mass is 271 g/mol. The highest BCUT2D eigenvalue weighted by Gasteiger charge is 2.46. The molecule has 1 N–H and O–H groups in total. The molecule has 20 heavy (non-hydrogen) atoms. The zero-order chi connectivity index (χ0) is 13.9. The van der Waals surface area contributed by atoms with Gasteiger partial charge < -0.3 is 5.32 Å². The highest BCUT2D eigenvalue weighted by molar-refractivity contribution is 6.42. The average molecular weight is 271 g/mol. The van der Waals surface area contributed by atoms with E-state index in [0.717, 1.165) is 23.5 Å². The molecule has 0 unspecified atom stereocenters. The second-order valence-electron chi connectivity index (χ2n) is 4.52. The first-order valence-electron chi connectivity index (χ1n) is 6.43. The smallest absolute Gasteiger partial charge is 0.378 e. The Labute approximate surface area is 115 Å². The molecule has 0 aliphatic carbocycles. The zero-order valence-corrected chi connectivity index (χ0v) is 10.8. The second-order valence-corrected chi connectivity index (χ2v) is 4.52. The van der Waals surface area contributed by atoms with Crippen molar-refractivity contribution >= 4 is 19.2 Å². The molecule has 0 atom stereocenters. The number of aromatic nitrogens is 1. The van der Waals surface area contributed by atoms with Gasteiger partial charge in [-0.3, -0.25) is 4.48 Å². The van der Waals surface area contributed by atoms with E-state index in [9.17, 15) is 4.32 Å². The summed E-state index contributed by atoms with van der Waals surface area (Å²) in [5.74, 6) is 0. The van der Waals surface area contributed by atoms with Crippen LogP contribution in [0.5, 0.6) is 0 Å². The first kappa shape index (κ1) is 12.6. The summed E-state index contributed by atoms with van der Waals surface area (Å²) in [7, 11) is -1.21. The summed E-state index contributed by atoms with van der Waals surface area (Å²) in [5.41, 5.74) is 10.8. The van der Waals surface area contributed by atoms with Gasteiger partial charge in [-0.25, -0.2) is 8.80 Å². The minimum Gasteiger partial charge on any atom is -0.378 e. The highest BCUT2D eigenvalue weighted by Crippen LogP contribution is 2.27. The third kappa shape index (κ3) is 2.00. The van der Waals surface area contributed by atoms with Gasteiger partial charge in [0.2, 0.25) is 5.70 Å². The standard InChI is InChI=1S/C12H12BFN6/c14-13-19-8-1-4-10(19)12(11-5-2-9-20(11)13)16-6-3-7-17-18-15/h1-2,4-5,8-9H,3,6-7H2/p+1. The van der Waals surface area contributed by atoms with Crippen molar-refractivity contribution in [2.45, 2.75) is 6.42 Å². The highest BCUT2D eigenvalue weighted by atomic mass is 19.1. The summed E-state index contributed by atoms with van der Waals surface area (Å²) in [6, 6.07) is 3.72. The number of nitrogens with one attached hydrogen (secondary N) is 1. The number of hydrogen-bond acceptors (Lipinski definition) is 2. The Hall–Kier alpha value is -2.47. The molecule has 0 aromatic carbocycles. The molecule has 3 heterocycles. The van der Waals surface area contributed by atoms with Crippen LogP contribution in [-0.4, -0.2) is 35.5 Å². The number of allylic oxidation sites excluding steroid dienone is 2. The number of hydrogen-bond donors (Lipinski definition) is 1. The van der Waals surface area contributed by atoms with Gasteiger partial charge in [-0.1, -0.05) is 5.11 Å². The van der Waals surface area contributed by atoms with Gasteiger partial charge in [-0.15, -0.1) is 0 Å². The van der Waals surface area contributed by atoms with E-state index in [1.54, 1.807) is 21.4 Å².